The van der Waals surface area contributed by atoms with Crippen molar-refractivity contribution in [2.75, 3.05) is 0 Å². The Kier molecular flexibility index (Phi) is 5.73. The Morgan fingerprint density at radius 2 is 1.07 bits per heavy atom. The standard InChI is InChI=1S/C26H24O/c1-3-22(20-19-21(2)27)26(23-13-7-4-8-14-23,24-15-9-5-10-16-24)25-17-11-6-12-18-25/h3-20,27H,1H2,2H3/b21-19+,22-20+. The molecule has 0 saturated carbocycles. The molecule has 0 aliphatic rings. The maximum Gasteiger partial charge on any atom is 0.0891 e. The summed E-state index contributed by atoms with van der Waals surface area (Å²) >= 11 is 0. The summed E-state index contributed by atoms with van der Waals surface area (Å²) in [5, 5.41) is 9.76. The van der Waals surface area contributed by atoms with Gasteiger partial charge in [-0.15, -0.1) is 0 Å². The molecule has 0 radical (unpaired) electrons. The zero-order chi connectivity index (χ0) is 19.1. The van der Waals surface area contributed by atoms with E-state index in [0.29, 0.717) is 0 Å². The minimum Gasteiger partial charge on any atom is -0.513 e. The molecule has 27 heavy (non-hydrogen) atoms. The van der Waals surface area contributed by atoms with E-state index in [0.717, 1.165) is 22.3 Å². The van der Waals surface area contributed by atoms with Crippen molar-refractivity contribution in [3.05, 3.63) is 144 Å². The van der Waals surface area contributed by atoms with Crippen LogP contribution >= 0.6 is 0 Å². The number of hydrogen-bond donors (Lipinski definition) is 1. The third kappa shape index (κ3) is 3.63. The van der Waals surface area contributed by atoms with Crippen LogP contribution in [0.3, 0.4) is 0 Å². The van der Waals surface area contributed by atoms with Gasteiger partial charge in [0.15, 0.2) is 0 Å². The second-order valence-electron chi connectivity index (χ2n) is 6.48. The van der Waals surface area contributed by atoms with Gasteiger partial charge in [0.1, 0.15) is 0 Å². The molecule has 0 bridgehead atoms. The van der Waals surface area contributed by atoms with Crippen molar-refractivity contribution in [2.24, 2.45) is 0 Å². The summed E-state index contributed by atoms with van der Waals surface area (Å²) in [6, 6.07) is 31.3. The van der Waals surface area contributed by atoms with Gasteiger partial charge in [-0.25, -0.2) is 0 Å². The largest absolute Gasteiger partial charge is 0.513 e. The number of hydrogen-bond acceptors (Lipinski definition) is 1. The Labute approximate surface area is 161 Å². The minimum absolute atomic E-state index is 0.262. The van der Waals surface area contributed by atoms with Crippen molar-refractivity contribution in [3.63, 3.8) is 0 Å². The first-order chi connectivity index (χ1) is 13.2. The summed E-state index contributed by atoms with van der Waals surface area (Å²) in [4.78, 5) is 0. The molecular formula is C26H24O. The van der Waals surface area contributed by atoms with Crippen LogP contribution in [0.4, 0.5) is 0 Å². The molecule has 3 rings (SSSR count). The highest BCUT2D eigenvalue weighted by Gasteiger charge is 2.38. The van der Waals surface area contributed by atoms with Gasteiger partial charge in [0, 0.05) is 0 Å². The Balaban J connectivity index is 2.45. The Morgan fingerprint density at radius 1 is 0.704 bits per heavy atom. The van der Waals surface area contributed by atoms with Gasteiger partial charge < -0.3 is 5.11 Å². The predicted octanol–water partition coefficient (Wildman–Crippen LogP) is 6.60. The first-order valence-corrected chi connectivity index (χ1v) is 9.06. The van der Waals surface area contributed by atoms with Gasteiger partial charge in [-0.1, -0.05) is 110 Å². The van der Waals surface area contributed by atoms with Crippen LogP contribution in [-0.2, 0) is 5.41 Å². The molecule has 3 aromatic rings. The van der Waals surface area contributed by atoms with Crippen LogP contribution in [0.2, 0.25) is 0 Å². The molecule has 0 aliphatic heterocycles. The first kappa shape index (κ1) is 18.5. The average molecular weight is 352 g/mol. The van der Waals surface area contributed by atoms with Crippen molar-refractivity contribution in [1.29, 1.82) is 0 Å². The van der Waals surface area contributed by atoms with Crippen LogP contribution in [0.1, 0.15) is 23.6 Å². The zero-order valence-electron chi connectivity index (χ0n) is 15.5. The first-order valence-electron chi connectivity index (χ1n) is 9.06. The van der Waals surface area contributed by atoms with Crippen molar-refractivity contribution in [1.82, 2.24) is 0 Å². The van der Waals surface area contributed by atoms with Gasteiger partial charge >= 0.3 is 0 Å². The molecule has 0 unspecified atom stereocenters. The maximum atomic E-state index is 9.76. The third-order valence-electron chi connectivity index (χ3n) is 4.78. The second-order valence-corrected chi connectivity index (χ2v) is 6.48. The SMILES string of the molecule is C=C/C(=C\C=C(/C)O)C(c1ccccc1)(c1ccccc1)c1ccccc1. The number of allylic oxidation sites excluding steroid dienone is 5. The topological polar surface area (TPSA) is 20.2 Å². The van der Waals surface area contributed by atoms with Gasteiger partial charge in [-0.3, -0.25) is 0 Å². The molecule has 1 nitrogen and oxygen atoms in total. The van der Waals surface area contributed by atoms with Crippen molar-refractivity contribution in [3.8, 4) is 0 Å². The molecular weight excluding hydrogens is 328 g/mol. The summed E-state index contributed by atoms with van der Waals surface area (Å²) < 4.78 is 0. The molecule has 0 atom stereocenters. The van der Waals surface area contributed by atoms with Gasteiger partial charge in [0.2, 0.25) is 0 Å². The van der Waals surface area contributed by atoms with Gasteiger partial charge in [-0.05, 0) is 35.3 Å². The van der Waals surface area contributed by atoms with Crippen LogP contribution in [-0.4, -0.2) is 5.11 Å². The van der Waals surface area contributed by atoms with E-state index in [1.165, 1.54) is 0 Å². The highest BCUT2D eigenvalue weighted by atomic mass is 16.3. The molecule has 3 aromatic carbocycles. The lowest BCUT2D eigenvalue weighted by molar-refractivity contribution is 0.414. The van der Waals surface area contributed by atoms with Gasteiger partial charge in [0.25, 0.3) is 0 Å². The molecule has 0 spiro atoms. The van der Waals surface area contributed by atoms with Crippen LogP contribution in [0.15, 0.2) is 127 Å². The fraction of sp³-hybridized carbons (Fsp3) is 0.0769. The van der Waals surface area contributed by atoms with E-state index < -0.39 is 5.41 Å². The number of benzene rings is 3. The van der Waals surface area contributed by atoms with E-state index in [9.17, 15) is 5.11 Å². The quantitative estimate of drug-likeness (QED) is 0.301. The Bertz CT molecular complexity index is 835. The fourth-order valence-corrected chi connectivity index (χ4v) is 3.62. The van der Waals surface area contributed by atoms with Crippen molar-refractivity contribution >= 4 is 0 Å². The molecule has 0 amide bonds. The summed E-state index contributed by atoms with van der Waals surface area (Å²) in [5.41, 5.74) is 3.92. The molecule has 0 aromatic heterocycles. The van der Waals surface area contributed by atoms with Crippen LogP contribution < -0.4 is 0 Å². The lowest BCUT2D eigenvalue weighted by atomic mass is 9.64. The normalized spacial score (nSPS) is 12.6. The smallest absolute Gasteiger partial charge is 0.0891 e. The van der Waals surface area contributed by atoms with E-state index in [4.69, 9.17) is 0 Å². The van der Waals surface area contributed by atoms with E-state index >= 15 is 0 Å². The highest BCUT2D eigenvalue weighted by Crippen LogP contribution is 2.45. The van der Waals surface area contributed by atoms with Gasteiger partial charge in [-0.2, -0.15) is 0 Å². The zero-order valence-corrected chi connectivity index (χ0v) is 15.5. The molecule has 0 heterocycles. The summed E-state index contributed by atoms with van der Waals surface area (Å²) in [6.45, 7) is 5.78. The lowest BCUT2D eigenvalue weighted by Gasteiger charge is -2.37. The monoisotopic (exact) mass is 352 g/mol. The third-order valence-corrected chi connectivity index (χ3v) is 4.78. The summed E-state index contributed by atoms with van der Waals surface area (Å²) in [7, 11) is 0. The molecule has 0 fully saturated rings. The van der Waals surface area contributed by atoms with Gasteiger partial charge in [0.05, 0.1) is 11.2 Å². The van der Waals surface area contributed by atoms with E-state index in [-0.39, 0.29) is 5.76 Å². The van der Waals surface area contributed by atoms with Crippen molar-refractivity contribution in [2.45, 2.75) is 12.3 Å². The van der Waals surface area contributed by atoms with Crippen LogP contribution in [0, 0.1) is 0 Å². The maximum absolute atomic E-state index is 9.76. The number of aliphatic hydroxyl groups excluding tert-OH is 1. The van der Waals surface area contributed by atoms with Crippen molar-refractivity contribution < 1.29 is 5.11 Å². The van der Waals surface area contributed by atoms with Crippen LogP contribution in [0.5, 0.6) is 0 Å². The minimum atomic E-state index is -0.530. The molecule has 134 valence electrons. The molecule has 0 aliphatic carbocycles. The van der Waals surface area contributed by atoms with E-state index in [1.807, 2.05) is 30.4 Å². The number of aliphatic hydroxyl groups is 1. The fourth-order valence-electron chi connectivity index (χ4n) is 3.62. The summed E-state index contributed by atoms with van der Waals surface area (Å²) in [6.07, 6.45) is 5.56. The Hall–Kier alpha value is -3.32. The van der Waals surface area contributed by atoms with E-state index in [1.54, 1.807) is 13.0 Å². The highest BCUT2D eigenvalue weighted by molar-refractivity contribution is 5.61. The Morgan fingerprint density at radius 3 is 1.37 bits per heavy atom. The lowest BCUT2D eigenvalue weighted by Crippen LogP contribution is -2.31. The average Bonchev–Trinajstić information content (AvgIpc) is 2.73. The number of rotatable bonds is 6. The predicted molar refractivity (Wildman–Crippen MR) is 114 cm³/mol. The molecule has 1 N–H and O–H groups in total. The summed E-state index contributed by atoms with van der Waals surface area (Å²) in [5.74, 6) is 0.262. The van der Waals surface area contributed by atoms with Crippen LogP contribution in [0.25, 0.3) is 0 Å². The molecule has 0 saturated heterocycles. The van der Waals surface area contributed by atoms with E-state index in [2.05, 4.69) is 79.4 Å². The second kappa shape index (κ2) is 8.37. The molecule has 1 heteroatoms.